The number of hydrogen-bond acceptors (Lipinski definition) is 4. The maximum Gasteiger partial charge on any atom is 0.340 e. The average Bonchev–Trinajstić information content (AvgIpc) is 2.89. The van der Waals surface area contributed by atoms with Crippen LogP contribution >= 0.6 is 43.2 Å². The molecule has 1 aromatic heterocycles. The van der Waals surface area contributed by atoms with Crippen LogP contribution in [0.2, 0.25) is 0 Å². The van der Waals surface area contributed by atoms with Gasteiger partial charge >= 0.3 is 5.97 Å². The van der Waals surface area contributed by atoms with Crippen LogP contribution in [0.5, 0.6) is 0 Å². The predicted octanol–water partition coefficient (Wildman–Crippen LogP) is 4.67. The number of carbonyl (C=O) groups excluding carboxylic acids is 1. The van der Waals surface area contributed by atoms with E-state index in [1.54, 1.807) is 17.4 Å². The average molecular weight is 405 g/mol. The highest BCUT2D eigenvalue weighted by molar-refractivity contribution is 9.11. The van der Waals surface area contributed by atoms with Gasteiger partial charge in [0, 0.05) is 20.4 Å². The molecule has 3 nitrogen and oxygen atoms in total. The van der Waals surface area contributed by atoms with Gasteiger partial charge in [0.2, 0.25) is 0 Å². The number of carbonyl (C=O) groups is 1. The zero-order valence-corrected chi connectivity index (χ0v) is 14.1. The molecule has 1 aromatic carbocycles. The summed E-state index contributed by atoms with van der Waals surface area (Å²) in [6.07, 6.45) is 0. The number of nitrogens with one attached hydrogen (secondary N) is 1. The molecule has 0 aliphatic heterocycles. The van der Waals surface area contributed by atoms with Crippen molar-refractivity contribution in [3.63, 3.8) is 0 Å². The summed E-state index contributed by atoms with van der Waals surface area (Å²) in [5, 5.41) is 5.29. The molecule has 0 saturated carbocycles. The normalized spacial score (nSPS) is 10.3. The molecule has 1 N–H and O–H groups in total. The number of benzene rings is 1. The Morgan fingerprint density at radius 2 is 2.21 bits per heavy atom. The molecule has 0 bridgehead atoms. The van der Waals surface area contributed by atoms with E-state index in [-0.39, 0.29) is 5.97 Å². The van der Waals surface area contributed by atoms with Crippen LogP contribution in [0.15, 0.2) is 38.6 Å². The number of anilines is 1. The smallest absolute Gasteiger partial charge is 0.340 e. The molecule has 2 aromatic rings. The number of esters is 1. The maximum atomic E-state index is 11.8. The minimum atomic E-state index is -0.365. The Bertz CT molecular complexity index is 585. The largest absolute Gasteiger partial charge is 0.465 e. The number of thiophene rings is 1. The highest BCUT2D eigenvalue weighted by Gasteiger charge is 2.16. The second-order valence-corrected chi connectivity index (χ2v) is 6.54. The maximum absolute atomic E-state index is 11.8. The van der Waals surface area contributed by atoms with Gasteiger partial charge in [0.25, 0.3) is 0 Å². The van der Waals surface area contributed by atoms with Crippen LogP contribution in [0.25, 0.3) is 0 Å². The highest BCUT2D eigenvalue weighted by Crippen LogP contribution is 2.31. The molecule has 19 heavy (non-hydrogen) atoms. The molecule has 0 saturated heterocycles. The van der Waals surface area contributed by atoms with Crippen molar-refractivity contribution in [2.75, 3.05) is 12.4 Å². The molecule has 0 amide bonds. The third-order valence-electron chi connectivity index (χ3n) is 2.48. The van der Waals surface area contributed by atoms with Crippen LogP contribution in [0.1, 0.15) is 15.2 Å². The van der Waals surface area contributed by atoms with Crippen molar-refractivity contribution in [1.29, 1.82) is 0 Å². The zero-order valence-electron chi connectivity index (χ0n) is 10.1. The summed E-state index contributed by atoms with van der Waals surface area (Å²) < 4.78 is 6.45. The minimum Gasteiger partial charge on any atom is -0.465 e. The van der Waals surface area contributed by atoms with E-state index in [0.29, 0.717) is 12.1 Å². The zero-order chi connectivity index (χ0) is 13.8. The van der Waals surface area contributed by atoms with E-state index in [9.17, 15) is 4.79 Å². The quantitative estimate of drug-likeness (QED) is 0.752. The van der Waals surface area contributed by atoms with Crippen molar-refractivity contribution >= 4 is 54.9 Å². The summed E-state index contributed by atoms with van der Waals surface area (Å²) in [6, 6.07) is 7.68. The molecule has 2 rings (SSSR count). The van der Waals surface area contributed by atoms with Gasteiger partial charge in [-0.2, -0.15) is 0 Å². The van der Waals surface area contributed by atoms with Crippen LogP contribution < -0.4 is 5.32 Å². The van der Waals surface area contributed by atoms with Crippen LogP contribution in [0, 0.1) is 0 Å². The Kier molecular flexibility index (Phi) is 5.01. The number of methoxy groups -OCH3 is 1. The first kappa shape index (κ1) is 14.6. The predicted molar refractivity (Wildman–Crippen MR) is 84.8 cm³/mol. The van der Waals surface area contributed by atoms with Crippen LogP contribution in [-0.2, 0) is 11.3 Å². The van der Waals surface area contributed by atoms with Crippen molar-refractivity contribution in [3.05, 3.63) is 49.0 Å². The van der Waals surface area contributed by atoms with E-state index in [1.807, 2.05) is 23.6 Å². The van der Waals surface area contributed by atoms with Crippen LogP contribution in [-0.4, -0.2) is 13.1 Å². The lowest BCUT2D eigenvalue weighted by atomic mass is 10.2. The Balaban J connectivity index is 2.29. The van der Waals surface area contributed by atoms with Crippen molar-refractivity contribution in [3.8, 4) is 0 Å². The Labute approximate surface area is 132 Å². The fourth-order valence-electron chi connectivity index (χ4n) is 1.61. The molecule has 6 heteroatoms. The van der Waals surface area contributed by atoms with E-state index in [1.165, 1.54) is 12.0 Å². The molecule has 0 aliphatic carbocycles. The van der Waals surface area contributed by atoms with Gasteiger partial charge in [-0.3, -0.25) is 0 Å². The lowest BCUT2D eigenvalue weighted by molar-refractivity contribution is 0.0601. The first-order valence-corrected chi connectivity index (χ1v) is 7.92. The third kappa shape index (κ3) is 3.58. The van der Waals surface area contributed by atoms with Crippen molar-refractivity contribution in [2.24, 2.45) is 0 Å². The standard InChI is InChI=1S/C13H11Br2NO2S/c1-18-13(17)10-5-8(14)6-11(15)12(10)16-7-9-3-2-4-19-9/h2-6,16H,7H2,1H3. The Hall–Kier alpha value is -0.850. The van der Waals surface area contributed by atoms with Gasteiger partial charge in [0.05, 0.1) is 18.4 Å². The van der Waals surface area contributed by atoms with E-state index >= 15 is 0 Å². The monoisotopic (exact) mass is 403 g/mol. The summed E-state index contributed by atoms with van der Waals surface area (Å²) >= 11 is 8.50. The van der Waals surface area contributed by atoms with Crippen molar-refractivity contribution in [1.82, 2.24) is 0 Å². The Morgan fingerprint density at radius 1 is 1.42 bits per heavy atom. The molecular formula is C13H11Br2NO2S. The number of hydrogen-bond donors (Lipinski definition) is 1. The van der Waals surface area contributed by atoms with Gasteiger partial charge < -0.3 is 10.1 Å². The van der Waals surface area contributed by atoms with Gasteiger partial charge in [-0.25, -0.2) is 4.79 Å². The third-order valence-corrected chi connectivity index (χ3v) is 4.44. The van der Waals surface area contributed by atoms with Gasteiger partial charge in [-0.05, 0) is 39.5 Å². The second kappa shape index (κ2) is 6.54. The minimum absolute atomic E-state index is 0.365. The molecule has 0 atom stereocenters. The summed E-state index contributed by atoms with van der Waals surface area (Å²) in [7, 11) is 1.38. The molecule has 0 spiro atoms. The van der Waals surface area contributed by atoms with Crippen molar-refractivity contribution in [2.45, 2.75) is 6.54 Å². The highest BCUT2D eigenvalue weighted by atomic mass is 79.9. The van der Waals surface area contributed by atoms with Gasteiger partial charge in [0.15, 0.2) is 0 Å². The topological polar surface area (TPSA) is 38.3 Å². The van der Waals surface area contributed by atoms with E-state index in [4.69, 9.17) is 4.74 Å². The fraction of sp³-hybridized carbons (Fsp3) is 0.154. The van der Waals surface area contributed by atoms with Gasteiger partial charge in [0.1, 0.15) is 0 Å². The first-order chi connectivity index (χ1) is 9.11. The Morgan fingerprint density at radius 3 is 2.84 bits per heavy atom. The summed E-state index contributed by atoms with van der Waals surface area (Å²) in [6.45, 7) is 0.669. The SMILES string of the molecule is COC(=O)c1cc(Br)cc(Br)c1NCc1cccs1. The van der Waals surface area contributed by atoms with Gasteiger partial charge in [-0.15, -0.1) is 11.3 Å². The lowest BCUT2D eigenvalue weighted by Gasteiger charge is -2.13. The molecule has 0 aliphatic rings. The van der Waals surface area contributed by atoms with Crippen LogP contribution in [0.4, 0.5) is 5.69 Å². The summed E-state index contributed by atoms with van der Waals surface area (Å²) in [5.74, 6) is -0.365. The van der Waals surface area contributed by atoms with E-state index in [2.05, 4.69) is 37.2 Å². The number of halogens is 2. The van der Waals surface area contributed by atoms with Crippen LogP contribution in [0.3, 0.4) is 0 Å². The molecule has 0 radical (unpaired) electrons. The van der Waals surface area contributed by atoms with E-state index in [0.717, 1.165) is 14.6 Å². The lowest BCUT2D eigenvalue weighted by Crippen LogP contribution is -2.08. The van der Waals surface area contributed by atoms with Gasteiger partial charge in [-0.1, -0.05) is 22.0 Å². The molecule has 1 heterocycles. The fourth-order valence-corrected chi connectivity index (χ4v) is 3.62. The molecule has 0 fully saturated rings. The first-order valence-electron chi connectivity index (χ1n) is 5.45. The summed E-state index contributed by atoms with van der Waals surface area (Å²) in [4.78, 5) is 13.0. The van der Waals surface area contributed by atoms with Crippen molar-refractivity contribution < 1.29 is 9.53 Å². The molecular weight excluding hydrogens is 394 g/mol. The number of ether oxygens (including phenoxy) is 1. The second-order valence-electron chi connectivity index (χ2n) is 3.73. The molecule has 100 valence electrons. The van der Waals surface area contributed by atoms with E-state index < -0.39 is 0 Å². The molecule has 0 unspecified atom stereocenters. The summed E-state index contributed by atoms with van der Waals surface area (Å²) in [5.41, 5.74) is 1.24. The number of rotatable bonds is 4.